The van der Waals surface area contributed by atoms with E-state index >= 15 is 0 Å². The Bertz CT molecular complexity index is 779. The monoisotopic (exact) mass is 302 g/mol. The van der Waals surface area contributed by atoms with E-state index < -0.39 is 0 Å². The molecule has 2 aliphatic rings. The fourth-order valence-corrected chi connectivity index (χ4v) is 5.17. The van der Waals surface area contributed by atoms with E-state index in [-0.39, 0.29) is 5.56 Å². The summed E-state index contributed by atoms with van der Waals surface area (Å²) in [4.78, 5) is 20.0. The van der Waals surface area contributed by atoms with Gasteiger partial charge in [-0.15, -0.1) is 11.3 Å². The first-order chi connectivity index (χ1) is 9.95. The predicted molar refractivity (Wildman–Crippen MR) is 87.2 cm³/mol. The lowest BCUT2D eigenvalue weighted by Gasteiger charge is -2.33. The van der Waals surface area contributed by atoms with E-state index in [0.717, 1.165) is 48.3 Å². The molecule has 0 radical (unpaired) electrons. The quantitative estimate of drug-likeness (QED) is 0.746. The van der Waals surface area contributed by atoms with Crippen LogP contribution in [0.4, 0.5) is 0 Å². The van der Waals surface area contributed by atoms with Gasteiger partial charge >= 0.3 is 0 Å². The third-order valence-corrected chi connectivity index (χ3v) is 6.40. The highest BCUT2D eigenvalue weighted by Gasteiger charge is 2.32. The van der Waals surface area contributed by atoms with Crippen molar-refractivity contribution in [3.63, 3.8) is 0 Å². The summed E-state index contributed by atoms with van der Waals surface area (Å²) in [6.45, 7) is 7.85. The molecular formula is C17H22N2OS. The minimum atomic E-state index is 0.221. The molecule has 0 spiro atoms. The number of aryl methyl sites for hydroxylation is 2. The number of hydrogen-bond acceptors (Lipinski definition) is 3. The van der Waals surface area contributed by atoms with E-state index in [1.165, 1.54) is 16.9 Å². The average Bonchev–Trinajstić information content (AvgIpc) is 3.00. The molecule has 0 N–H and O–H groups in total. The molecule has 1 atom stereocenters. The highest BCUT2D eigenvalue weighted by Crippen LogP contribution is 2.42. The zero-order chi connectivity index (χ0) is 14.8. The zero-order valence-corrected chi connectivity index (χ0v) is 13.8. The lowest BCUT2D eigenvalue weighted by atomic mass is 9.72. The third kappa shape index (κ3) is 1.99. The summed E-state index contributed by atoms with van der Waals surface area (Å²) in [7, 11) is 0. The van der Waals surface area contributed by atoms with Crippen LogP contribution in [0.2, 0.25) is 0 Å². The number of rotatable bonds is 0. The SMILES string of the molecule is CC(C)(C)[C@@H]1CCc2c(sc3nc4n(c(=O)c23)CCC4)C1. The van der Waals surface area contributed by atoms with Crippen LogP contribution in [0.1, 0.15) is 49.9 Å². The molecule has 1 aliphatic heterocycles. The minimum absolute atomic E-state index is 0.221. The molecule has 2 aromatic rings. The Balaban J connectivity index is 1.88. The first-order valence-corrected chi connectivity index (χ1v) is 8.81. The first-order valence-electron chi connectivity index (χ1n) is 7.99. The van der Waals surface area contributed by atoms with Crippen molar-refractivity contribution in [3.8, 4) is 0 Å². The van der Waals surface area contributed by atoms with Gasteiger partial charge in [0, 0.05) is 17.8 Å². The van der Waals surface area contributed by atoms with Gasteiger partial charge in [-0.2, -0.15) is 0 Å². The Hall–Kier alpha value is -1.16. The van der Waals surface area contributed by atoms with Crippen LogP contribution in [-0.4, -0.2) is 9.55 Å². The summed E-state index contributed by atoms with van der Waals surface area (Å²) in [5.41, 5.74) is 1.88. The number of nitrogens with zero attached hydrogens (tertiary/aromatic N) is 2. The number of aromatic nitrogens is 2. The normalized spacial score (nSPS) is 21.6. The summed E-state index contributed by atoms with van der Waals surface area (Å²) < 4.78 is 1.91. The second-order valence-corrected chi connectivity index (χ2v) is 8.66. The van der Waals surface area contributed by atoms with Crippen LogP contribution in [-0.2, 0) is 25.8 Å². The van der Waals surface area contributed by atoms with Gasteiger partial charge < -0.3 is 0 Å². The van der Waals surface area contributed by atoms with Gasteiger partial charge in [-0.05, 0) is 42.6 Å². The van der Waals surface area contributed by atoms with Crippen molar-refractivity contribution in [1.82, 2.24) is 9.55 Å². The van der Waals surface area contributed by atoms with Crippen molar-refractivity contribution in [2.75, 3.05) is 0 Å². The van der Waals surface area contributed by atoms with E-state index in [0.29, 0.717) is 11.3 Å². The van der Waals surface area contributed by atoms with Crippen molar-refractivity contribution in [2.24, 2.45) is 11.3 Å². The van der Waals surface area contributed by atoms with Crippen LogP contribution >= 0.6 is 11.3 Å². The summed E-state index contributed by atoms with van der Waals surface area (Å²) >= 11 is 1.78. The van der Waals surface area contributed by atoms with E-state index in [1.54, 1.807) is 11.3 Å². The van der Waals surface area contributed by atoms with Gasteiger partial charge in [0.1, 0.15) is 10.7 Å². The van der Waals surface area contributed by atoms with E-state index in [1.807, 2.05) is 4.57 Å². The maximum atomic E-state index is 12.8. The molecule has 0 fully saturated rings. The van der Waals surface area contributed by atoms with Gasteiger partial charge in [-0.3, -0.25) is 9.36 Å². The maximum absolute atomic E-state index is 12.8. The third-order valence-electron chi connectivity index (χ3n) is 5.25. The van der Waals surface area contributed by atoms with Gasteiger partial charge in [0.25, 0.3) is 5.56 Å². The molecule has 0 saturated heterocycles. The number of fused-ring (bicyclic) bond motifs is 4. The van der Waals surface area contributed by atoms with Crippen molar-refractivity contribution in [1.29, 1.82) is 0 Å². The molecule has 0 bridgehead atoms. The van der Waals surface area contributed by atoms with Crippen LogP contribution in [0.3, 0.4) is 0 Å². The molecule has 4 heteroatoms. The Morgan fingerprint density at radius 3 is 2.86 bits per heavy atom. The lowest BCUT2D eigenvalue weighted by molar-refractivity contribution is 0.218. The molecule has 3 heterocycles. The van der Waals surface area contributed by atoms with Crippen LogP contribution in [0.5, 0.6) is 0 Å². The van der Waals surface area contributed by atoms with Gasteiger partial charge in [0.2, 0.25) is 0 Å². The number of hydrogen-bond donors (Lipinski definition) is 0. The molecule has 1 aliphatic carbocycles. The average molecular weight is 302 g/mol. The van der Waals surface area contributed by atoms with Crippen LogP contribution < -0.4 is 5.56 Å². The van der Waals surface area contributed by atoms with E-state index in [4.69, 9.17) is 4.98 Å². The van der Waals surface area contributed by atoms with Crippen molar-refractivity contribution in [2.45, 2.75) is 59.4 Å². The summed E-state index contributed by atoms with van der Waals surface area (Å²) in [5, 5.41) is 0.938. The Labute approximate surface area is 129 Å². The standard InChI is InChI=1S/C17H22N2OS/c1-17(2,3)10-6-7-11-12(9-10)21-15-14(11)16(20)19-8-4-5-13(19)18-15/h10H,4-9H2,1-3H3/t10-/m1/s1. The highest BCUT2D eigenvalue weighted by atomic mass is 32.1. The largest absolute Gasteiger partial charge is 0.296 e. The molecule has 2 aromatic heterocycles. The van der Waals surface area contributed by atoms with Crippen molar-refractivity contribution >= 4 is 21.6 Å². The second-order valence-electron chi connectivity index (χ2n) is 7.58. The Morgan fingerprint density at radius 2 is 2.10 bits per heavy atom. The highest BCUT2D eigenvalue weighted by molar-refractivity contribution is 7.18. The predicted octanol–water partition coefficient (Wildman–Crippen LogP) is 3.56. The van der Waals surface area contributed by atoms with Gasteiger partial charge in [0.05, 0.1) is 5.39 Å². The second kappa shape index (κ2) is 4.42. The smallest absolute Gasteiger partial charge is 0.262 e. The lowest BCUT2D eigenvalue weighted by Crippen LogP contribution is -2.27. The fourth-order valence-electron chi connectivity index (χ4n) is 3.86. The summed E-state index contributed by atoms with van der Waals surface area (Å²) in [6.07, 6.45) is 5.39. The van der Waals surface area contributed by atoms with Crippen LogP contribution in [0, 0.1) is 11.3 Å². The number of thiophene rings is 1. The van der Waals surface area contributed by atoms with Gasteiger partial charge in [0.15, 0.2) is 0 Å². The van der Waals surface area contributed by atoms with E-state index in [2.05, 4.69) is 20.8 Å². The first kappa shape index (κ1) is 13.5. The van der Waals surface area contributed by atoms with Crippen molar-refractivity contribution < 1.29 is 0 Å². The fraction of sp³-hybridized carbons (Fsp3) is 0.647. The molecule has 0 amide bonds. The Kier molecular flexibility index (Phi) is 2.84. The van der Waals surface area contributed by atoms with Crippen LogP contribution in [0.25, 0.3) is 10.2 Å². The Morgan fingerprint density at radius 1 is 1.29 bits per heavy atom. The maximum Gasteiger partial charge on any atom is 0.262 e. The zero-order valence-electron chi connectivity index (χ0n) is 13.0. The molecular weight excluding hydrogens is 280 g/mol. The summed E-state index contributed by atoms with van der Waals surface area (Å²) in [5.74, 6) is 1.71. The molecule has 21 heavy (non-hydrogen) atoms. The molecule has 112 valence electrons. The van der Waals surface area contributed by atoms with E-state index in [9.17, 15) is 4.79 Å². The molecule has 0 unspecified atom stereocenters. The van der Waals surface area contributed by atoms with Gasteiger partial charge in [-0.25, -0.2) is 4.98 Å². The molecule has 0 saturated carbocycles. The summed E-state index contributed by atoms with van der Waals surface area (Å²) in [6, 6.07) is 0. The molecule has 4 rings (SSSR count). The van der Waals surface area contributed by atoms with Gasteiger partial charge in [-0.1, -0.05) is 20.8 Å². The molecule has 0 aromatic carbocycles. The molecule has 3 nitrogen and oxygen atoms in total. The van der Waals surface area contributed by atoms with Crippen LogP contribution in [0.15, 0.2) is 4.79 Å². The minimum Gasteiger partial charge on any atom is -0.296 e. The van der Waals surface area contributed by atoms with Crippen molar-refractivity contribution in [3.05, 3.63) is 26.6 Å². The topological polar surface area (TPSA) is 34.9 Å².